The van der Waals surface area contributed by atoms with E-state index in [1.54, 1.807) is 6.92 Å². The molecule has 0 fully saturated rings. The third kappa shape index (κ3) is 4.30. The molecular formula is C10H14N4O5. The predicted octanol–water partition coefficient (Wildman–Crippen LogP) is -1.37. The summed E-state index contributed by atoms with van der Waals surface area (Å²) in [5, 5.41) is 0. The SMILES string of the molecule is CCOC(=O)c1coc(N(CC(N)=O)CC(N)=O)n1. The summed E-state index contributed by atoms with van der Waals surface area (Å²) in [6, 6.07) is -0.111. The van der Waals surface area contributed by atoms with Gasteiger partial charge in [0.25, 0.3) is 6.01 Å². The van der Waals surface area contributed by atoms with Crippen molar-refractivity contribution in [1.29, 1.82) is 0 Å². The van der Waals surface area contributed by atoms with Crippen LogP contribution in [0.3, 0.4) is 0 Å². The van der Waals surface area contributed by atoms with Gasteiger partial charge in [0.2, 0.25) is 11.8 Å². The van der Waals surface area contributed by atoms with Gasteiger partial charge >= 0.3 is 5.97 Å². The predicted molar refractivity (Wildman–Crippen MR) is 63.1 cm³/mol. The lowest BCUT2D eigenvalue weighted by Crippen LogP contribution is -2.39. The Morgan fingerprint density at radius 3 is 2.37 bits per heavy atom. The number of primary amides is 2. The largest absolute Gasteiger partial charge is 0.461 e. The number of carbonyl (C=O) groups is 3. The van der Waals surface area contributed by atoms with Gasteiger partial charge in [-0.05, 0) is 6.92 Å². The third-order valence-electron chi connectivity index (χ3n) is 1.94. The normalized spacial score (nSPS) is 9.95. The molecule has 0 aliphatic heterocycles. The number of anilines is 1. The van der Waals surface area contributed by atoms with Crippen molar-refractivity contribution in [3.05, 3.63) is 12.0 Å². The van der Waals surface area contributed by atoms with Crippen molar-refractivity contribution in [2.24, 2.45) is 11.5 Å². The monoisotopic (exact) mass is 270 g/mol. The maximum atomic E-state index is 11.4. The minimum absolute atomic E-state index is 0.0733. The molecule has 1 aromatic rings. The third-order valence-corrected chi connectivity index (χ3v) is 1.94. The van der Waals surface area contributed by atoms with Crippen molar-refractivity contribution in [2.45, 2.75) is 6.92 Å². The molecule has 0 saturated heterocycles. The van der Waals surface area contributed by atoms with Crippen LogP contribution < -0.4 is 16.4 Å². The summed E-state index contributed by atoms with van der Waals surface area (Å²) in [6.07, 6.45) is 1.06. The van der Waals surface area contributed by atoms with Gasteiger partial charge in [-0.15, -0.1) is 0 Å². The van der Waals surface area contributed by atoms with Crippen LogP contribution in [0, 0.1) is 0 Å². The second-order valence-electron chi connectivity index (χ2n) is 3.52. The molecule has 1 heterocycles. The van der Waals surface area contributed by atoms with Crippen LogP contribution in [0.5, 0.6) is 0 Å². The molecule has 4 N–H and O–H groups in total. The Morgan fingerprint density at radius 1 is 1.32 bits per heavy atom. The zero-order chi connectivity index (χ0) is 14.4. The van der Waals surface area contributed by atoms with E-state index in [0.29, 0.717) is 0 Å². The van der Waals surface area contributed by atoms with Gasteiger partial charge in [0.05, 0.1) is 6.61 Å². The molecule has 1 aromatic heterocycles. The minimum Gasteiger partial charge on any atom is -0.461 e. The van der Waals surface area contributed by atoms with Gasteiger partial charge in [-0.1, -0.05) is 0 Å². The lowest BCUT2D eigenvalue weighted by Gasteiger charge is -2.16. The molecule has 0 bridgehead atoms. The molecule has 9 heteroatoms. The number of hydrogen-bond donors (Lipinski definition) is 2. The van der Waals surface area contributed by atoms with Crippen LogP contribution in [-0.4, -0.2) is 42.5 Å². The van der Waals surface area contributed by atoms with Gasteiger partial charge in [-0.2, -0.15) is 4.98 Å². The number of rotatable bonds is 7. The number of aromatic nitrogens is 1. The molecule has 0 radical (unpaired) electrons. The summed E-state index contributed by atoms with van der Waals surface area (Å²) >= 11 is 0. The van der Waals surface area contributed by atoms with Crippen molar-refractivity contribution >= 4 is 23.8 Å². The maximum Gasteiger partial charge on any atom is 0.360 e. The Bertz CT molecular complexity index is 468. The summed E-state index contributed by atoms with van der Waals surface area (Å²) < 4.78 is 9.71. The number of nitrogens with two attached hydrogens (primary N) is 2. The Balaban J connectivity index is 2.87. The molecule has 0 saturated carbocycles. The molecule has 0 unspecified atom stereocenters. The lowest BCUT2D eigenvalue weighted by atomic mass is 10.4. The molecule has 0 atom stereocenters. The highest BCUT2D eigenvalue weighted by molar-refractivity contribution is 5.88. The van der Waals surface area contributed by atoms with E-state index in [9.17, 15) is 14.4 Å². The minimum atomic E-state index is -0.697. The van der Waals surface area contributed by atoms with E-state index in [2.05, 4.69) is 4.98 Å². The second kappa shape index (κ2) is 6.38. The zero-order valence-electron chi connectivity index (χ0n) is 10.3. The average molecular weight is 270 g/mol. The maximum absolute atomic E-state index is 11.4. The fraction of sp³-hybridized carbons (Fsp3) is 0.400. The molecule has 0 aliphatic rings. The highest BCUT2D eigenvalue weighted by Crippen LogP contribution is 2.13. The number of oxazole rings is 1. The fourth-order valence-electron chi connectivity index (χ4n) is 1.28. The number of amides is 2. The van der Waals surface area contributed by atoms with Crippen LogP contribution in [0.15, 0.2) is 10.7 Å². The van der Waals surface area contributed by atoms with Gasteiger partial charge in [0.1, 0.15) is 19.4 Å². The molecule has 9 nitrogen and oxygen atoms in total. The van der Waals surface area contributed by atoms with Crippen LogP contribution in [-0.2, 0) is 14.3 Å². The Hall–Kier alpha value is -2.58. The van der Waals surface area contributed by atoms with Crippen LogP contribution in [0.25, 0.3) is 0 Å². The number of hydrogen-bond acceptors (Lipinski definition) is 7. The van der Waals surface area contributed by atoms with Gasteiger partial charge in [-0.3, -0.25) is 9.59 Å². The van der Waals surface area contributed by atoms with Crippen molar-refractivity contribution in [3.63, 3.8) is 0 Å². The molecule has 1 rings (SSSR count). The summed E-state index contributed by atoms with van der Waals surface area (Å²) in [5.74, 6) is -2.06. The smallest absolute Gasteiger partial charge is 0.360 e. The lowest BCUT2D eigenvalue weighted by molar-refractivity contribution is -0.117. The van der Waals surface area contributed by atoms with E-state index in [-0.39, 0.29) is 31.4 Å². The van der Waals surface area contributed by atoms with Crippen LogP contribution in [0.2, 0.25) is 0 Å². The molecule has 0 aromatic carbocycles. The van der Waals surface area contributed by atoms with Gasteiger partial charge in [0, 0.05) is 0 Å². The number of esters is 1. The highest BCUT2D eigenvalue weighted by atomic mass is 16.5. The van der Waals surface area contributed by atoms with Crippen molar-refractivity contribution in [1.82, 2.24) is 4.98 Å². The molecule has 0 aliphatic carbocycles. The van der Waals surface area contributed by atoms with E-state index in [1.165, 1.54) is 0 Å². The first-order valence-electron chi connectivity index (χ1n) is 5.38. The van der Waals surface area contributed by atoms with Crippen LogP contribution in [0.4, 0.5) is 6.01 Å². The highest BCUT2D eigenvalue weighted by Gasteiger charge is 2.20. The first-order valence-corrected chi connectivity index (χ1v) is 5.38. The summed E-state index contributed by atoms with van der Waals surface area (Å²) in [6.45, 7) is 1.20. The van der Waals surface area contributed by atoms with E-state index < -0.39 is 17.8 Å². The Labute approximate surface area is 108 Å². The van der Waals surface area contributed by atoms with Crippen LogP contribution >= 0.6 is 0 Å². The topological polar surface area (TPSA) is 142 Å². The Kier molecular flexibility index (Phi) is 4.86. The first kappa shape index (κ1) is 14.5. The number of carbonyl (C=O) groups excluding carboxylic acids is 3. The van der Waals surface area contributed by atoms with Gasteiger partial charge in [-0.25, -0.2) is 4.79 Å². The van der Waals surface area contributed by atoms with E-state index in [4.69, 9.17) is 20.6 Å². The van der Waals surface area contributed by atoms with E-state index >= 15 is 0 Å². The molecule has 2 amide bonds. The molecule has 0 spiro atoms. The average Bonchev–Trinajstić information content (AvgIpc) is 2.76. The standard InChI is InChI=1S/C10H14N4O5/c1-2-18-9(17)6-5-19-10(13-6)14(3-7(11)15)4-8(12)16/h5H,2-4H2,1H3,(H2,11,15)(H2,12,16). The van der Waals surface area contributed by atoms with Gasteiger partial charge < -0.3 is 25.5 Å². The second-order valence-corrected chi connectivity index (χ2v) is 3.52. The number of nitrogens with zero attached hydrogens (tertiary/aromatic N) is 2. The molecular weight excluding hydrogens is 256 g/mol. The first-order chi connectivity index (χ1) is 8.93. The quantitative estimate of drug-likeness (QED) is 0.582. The van der Waals surface area contributed by atoms with Crippen molar-refractivity contribution < 1.29 is 23.5 Å². The molecule has 19 heavy (non-hydrogen) atoms. The van der Waals surface area contributed by atoms with Crippen LogP contribution in [0.1, 0.15) is 17.4 Å². The zero-order valence-corrected chi connectivity index (χ0v) is 10.3. The van der Waals surface area contributed by atoms with E-state index in [1.807, 2.05) is 0 Å². The van der Waals surface area contributed by atoms with Crippen molar-refractivity contribution in [2.75, 3.05) is 24.6 Å². The molecule has 104 valence electrons. The van der Waals surface area contributed by atoms with E-state index in [0.717, 1.165) is 11.2 Å². The summed E-state index contributed by atoms with van der Waals surface area (Å²) in [7, 11) is 0. The fourth-order valence-corrected chi connectivity index (χ4v) is 1.28. The van der Waals surface area contributed by atoms with Crippen molar-refractivity contribution in [3.8, 4) is 0 Å². The number of ether oxygens (including phenoxy) is 1. The summed E-state index contributed by atoms with van der Waals surface area (Å²) in [4.78, 5) is 38.1. The summed E-state index contributed by atoms with van der Waals surface area (Å²) in [5.41, 5.74) is 9.98. The Morgan fingerprint density at radius 2 is 1.89 bits per heavy atom. The van der Waals surface area contributed by atoms with Gasteiger partial charge in [0.15, 0.2) is 5.69 Å².